The molecule has 13 heteroatoms. The van der Waals surface area contributed by atoms with Crippen LogP contribution in [0, 0.1) is 17.8 Å². The molecule has 1 atom stereocenters. The Kier molecular flexibility index (Phi) is 15.8. The lowest BCUT2D eigenvalue weighted by molar-refractivity contribution is -0.148. The van der Waals surface area contributed by atoms with Crippen LogP contribution in [-0.4, -0.2) is 83.8 Å². The van der Waals surface area contributed by atoms with Gasteiger partial charge in [-0.2, -0.15) is 0 Å². The van der Waals surface area contributed by atoms with E-state index in [0.29, 0.717) is 66.7 Å². The van der Waals surface area contributed by atoms with Crippen molar-refractivity contribution >= 4 is 46.0 Å². The number of pyridine rings is 1. The first-order chi connectivity index (χ1) is 31.1. The third-order valence-electron chi connectivity index (χ3n) is 11.8. The molecule has 3 amide bonds. The maximum absolute atomic E-state index is 13.7. The number of nitrogens with zero attached hydrogens (tertiary/aromatic N) is 3. The van der Waals surface area contributed by atoms with Gasteiger partial charge in [-0.25, -0.2) is 4.98 Å². The Balaban J connectivity index is 0.794. The van der Waals surface area contributed by atoms with Gasteiger partial charge in [0.2, 0.25) is 5.91 Å². The van der Waals surface area contributed by atoms with E-state index in [9.17, 15) is 14.4 Å². The van der Waals surface area contributed by atoms with Crippen molar-refractivity contribution in [3.05, 3.63) is 119 Å². The van der Waals surface area contributed by atoms with Gasteiger partial charge in [0.1, 0.15) is 5.65 Å². The second-order valence-corrected chi connectivity index (χ2v) is 17.4. The quantitative estimate of drug-likeness (QED) is 0.0485. The molecule has 336 valence electrons. The number of aromatic nitrogens is 2. The number of unbranched alkanes of at least 4 members (excludes halogenated alkanes) is 2. The highest BCUT2D eigenvalue weighted by atomic mass is 35.5. The number of amides is 3. The molecule has 7 rings (SSSR count). The van der Waals surface area contributed by atoms with E-state index < -0.39 is 5.79 Å². The third kappa shape index (κ3) is 12.2. The van der Waals surface area contributed by atoms with Crippen LogP contribution >= 0.6 is 11.6 Å². The minimum absolute atomic E-state index is 0.0992. The first-order valence-corrected chi connectivity index (χ1v) is 23.1. The number of halogens is 1. The zero-order chi connectivity index (χ0) is 44.9. The van der Waals surface area contributed by atoms with Crippen LogP contribution in [-0.2, 0) is 22.6 Å². The molecule has 0 saturated carbocycles. The molecule has 1 fully saturated rings. The third-order valence-corrected chi connectivity index (χ3v) is 12.1. The van der Waals surface area contributed by atoms with Crippen molar-refractivity contribution < 1.29 is 23.9 Å². The molecule has 1 spiro atoms. The van der Waals surface area contributed by atoms with Crippen molar-refractivity contribution in [1.29, 1.82) is 0 Å². The smallest absolute Gasteiger partial charge is 0.296 e. The van der Waals surface area contributed by atoms with Gasteiger partial charge in [0, 0.05) is 98.6 Å². The highest BCUT2D eigenvalue weighted by Crippen LogP contribution is 2.44. The van der Waals surface area contributed by atoms with Gasteiger partial charge >= 0.3 is 0 Å². The normalized spacial score (nSPS) is 14.3. The molecule has 12 nitrogen and oxygen atoms in total. The number of hydrogen-bond acceptors (Lipinski definition) is 8. The molecule has 5 aromatic rings. The van der Waals surface area contributed by atoms with Gasteiger partial charge in [-0.3, -0.25) is 14.4 Å². The standard InChI is InChI=1S/C51H60ClN7O5/c1-4-5-24-53-27-28-54-43-16-8-37(9-17-43)20-26-56-49(61)41-34-40-21-30-58(48(40)57-35-41)29-7-6-25-55-46(60)19-11-38-10-18-44-45(33-38)64-51(63-44)22-31-59(32-23-51)50(62)47(36(2)3)39-12-14-42(52)15-13-39/h8-10,12-18,21,30,33-36,47,53-54H,4-7,20,22-29,31-32H2,1-3H3,(H,55,60)(H,56,61). The summed E-state index contributed by atoms with van der Waals surface area (Å²) >= 11 is 6.11. The molecule has 4 N–H and O–H groups in total. The van der Waals surface area contributed by atoms with Crippen LogP contribution in [0.4, 0.5) is 5.69 Å². The van der Waals surface area contributed by atoms with E-state index >= 15 is 0 Å². The first-order valence-electron chi connectivity index (χ1n) is 22.7. The van der Waals surface area contributed by atoms with E-state index in [1.165, 1.54) is 12.8 Å². The maximum atomic E-state index is 13.7. The summed E-state index contributed by atoms with van der Waals surface area (Å²) in [5.41, 5.74) is 5.21. The number of hydrogen-bond donors (Lipinski definition) is 4. The Morgan fingerprint density at radius 2 is 1.62 bits per heavy atom. The molecule has 2 aliphatic rings. The lowest BCUT2D eigenvalue weighted by Crippen LogP contribution is -2.52. The van der Waals surface area contributed by atoms with Crippen LogP contribution in [0.15, 0.2) is 91.3 Å². The van der Waals surface area contributed by atoms with E-state index in [1.54, 1.807) is 12.3 Å². The molecule has 64 heavy (non-hydrogen) atoms. The molecular formula is C51H60ClN7O5. The number of rotatable bonds is 19. The summed E-state index contributed by atoms with van der Waals surface area (Å²) in [4.78, 5) is 45.7. The van der Waals surface area contributed by atoms with Crippen LogP contribution in [0.2, 0.25) is 5.02 Å². The van der Waals surface area contributed by atoms with Gasteiger partial charge in [0.25, 0.3) is 17.6 Å². The zero-order valence-electron chi connectivity index (χ0n) is 37.2. The SMILES string of the molecule is CCCCNCCNc1ccc(CCNC(=O)c2cnc3c(ccn3CCCCNC(=O)C#Cc3ccc4c(c3)OC3(CCN(C(=O)C(c5ccc(Cl)cc5)C(C)C)CC3)O4)c2)cc1. The predicted molar refractivity (Wildman–Crippen MR) is 253 cm³/mol. The minimum Gasteiger partial charge on any atom is -0.448 e. The highest BCUT2D eigenvalue weighted by Gasteiger charge is 2.46. The number of aryl methyl sites for hydroxylation is 1. The van der Waals surface area contributed by atoms with Crippen LogP contribution in [0.25, 0.3) is 11.0 Å². The number of nitrogens with one attached hydrogen (secondary N) is 4. The van der Waals surface area contributed by atoms with Crippen LogP contribution in [0.1, 0.15) is 92.3 Å². The fourth-order valence-corrected chi connectivity index (χ4v) is 8.35. The van der Waals surface area contributed by atoms with Crippen molar-refractivity contribution in [3.63, 3.8) is 0 Å². The van der Waals surface area contributed by atoms with Crippen LogP contribution in [0.3, 0.4) is 0 Å². The van der Waals surface area contributed by atoms with Crippen molar-refractivity contribution in [2.45, 2.75) is 84.0 Å². The van der Waals surface area contributed by atoms with Crippen LogP contribution < -0.4 is 30.7 Å². The van der Waals surface area contributed by atoms with E-state index in [0.717, 1.165) is 73.3 Å². The van der Waals surface area contributed by atoms with Gasteiger partial charge in [-0.15, -0.1) is 0 Å². The number of piperidine rings is 1. The number of carbonyl (C=O) groups is 3. The molecule has 1 unspecified atom stereocenters. The van der Waals surface area contributed by atoms with Crippen LogP contribution in [0.5, 0.6) is 11.5 Å². The number of carbonyl (C=O) groups excluding carboxylic acids is 3. The van der Waals surface area contributed by atoms with Gasteiger partial charge in [-0.05, 0) is 104 Å². The molecule has 1 saturated heterocycles. The summed E-state index contributed by atoms with van der Waals surface area (Å²) in [5.74, 6) is 5.51. The Labute approximate surface area is 381 Å². The maximum Gasteiger partial charge on any atom is 0.296 e. The lowest BCUT2D eigenvalue weighted by Gasteiger charge is -2.39. The van der Waals surface area contributed by atoms with Gasteiger partial charge in [0.05, 0.1) is 11.5 Å². The number of likely N-dealkylation sites (tertiary alicyclic amines) is 1. The van der Waals surface area contributed by atoms with Crippen molar-refractivity contribution in [3.8, 4) is 23.3 Å². The molecule has 2 aliphatic heterocycles. The molecule has 0 bridgehead atoms. The number of anilines is 1. The fraction of sp³-hybridized carbons (Fsp3) is 0.412. The summed E-state index contributed by atoms with van der Waals surface area (Å²) in [5, 5.41) is 14.3. The zero-order valence-corrected chi connectivity index (χ0v) is 37.9. The lowest BCUT2D eigenvalue weighted by atomic mass is 9.86. The summed E-state index contributed by atoms with van der Waals surface area (Å²) in [6.45, 7) is 12.0. The van der Waals surface area contributed by atoms with Gasteiger partial charge < -0.3 is 40.2 Å². The van der Waals surface area contributed by atoms with Gasteiger partial charge in [-0.1, -0.05) is 69.0 Å². The van der Waals surface area contributed by atoms with E-state index in [1.807, 2.05) is 59.6 Å². The molecule has 3 aromatic carbocycles. The average Bonchev–Trinajstić information content (AvgIpc) is 3.87. The van der Waals surface area contributed by atoms with E-state index in [4.69, 9.17) is 21.1 Å². The van der Waals surface area contributed by atoms with E-state index in [2.05, 4.69) is 87.7 Å². The average molecular weight is 887 g/mol. The Morgan fingerprint density at radius 1 is 0.844 bits per heavy atom. The Bertz CT molecular complexity index is 2430. The molecular weight excluding hydrogens is 826 g/mol. The van der Waals surface area contributed by atoms with Crippen molar-refractivity contribution in [1.82, 2.24) is 30.4 Å². The highest BCUT2D eigenvalue weighted by molar-refractivity contribution is 6.30. The number of benzene rings is 3. The van der Waals surface area contributed by atoms with E-state index in [-0.39, 0.29) is 29.6 Å². The second-order valence-electron chi connectivity index (χ2n) is 17.0. The Hall–Kier alpha value is -6.03. The molecule has 0 radical (unpaired) electrons. The monoisotopic (exact) mass is 885 g/mol. The largest absolute Gasteiger partial charge is 0.448 e. The minimum atomic E-state index is -0.837. The van der Waals surface area contributed by atoms with Crippen molar-refractivity contribution in [2.24, 2.45) is 5.92 Å². The fourth-order valence-electron chi connectivity index (χ4n) is 8.22. The summed E-state index contributed by atoms with van der Waals surface area (Å²) < 4.78 is 14.7. The summed E-state index contributed by atoms with van der Waals surface area (Å²) in [7, 11) is 0. The molecule has 4 heterocycles. The molecule has 2 aromatic heterocycles. The summed E-state index contributed by atoms with van der Waals surface area (Å²) in [6.07, 6.45) is 9.40. The van der Waals surface area contributed by atoms with Gasteiger partial charge in [0.15, 0.2) is 11.5 Å². The molecule has 0 aliphatic carbocycles. The first kappa shape index (κ1) is 46.0. The second kappa shape index (κ2) is 22.0. The predicted octanol–water partition coefficient (Wildman–Crippen LogP) is 7.94. The topological polar surface area (TPSA) is 139 Å². The van der Waals surface area contributed by atoms with Crippen molar-refractivity contribution in [2.75, 3.05) is 51.1 Å². The number of fused-ring (bicyclic) bond motifs is 2. The Morgan fingerprint density at radius 3 is 2.39 bits per heavy atom. The summed E-state index contributed by atoms with van der Waals surface area (Å²) in [6, 6.07) is 25.2. The number of ether oxygens (including phenoxy) is 2.